The molecule has 7 heteroatoms. The second kappa shape index (κ2) is 6.53. The summed E-state index contributed by atoms with van der Waals surface area (Å²) < 4.78 is 24.7. The van der Waals surface area contributed by atoms with E-state index in [1.54, 1.807) is 30.3 Å². The van der Waals surface area contributed by atoms with Crippen LogP contribution in [0, 0.1) is 15.9 Å². The molecule has 0 saturated carbocycles. The molecule has 2 aromatic carbocycles. The number of carbonyl (C=O) groups excluding carboxylic acids is 1. The Labute approximate surface area is 152 Å². The van der Waals surface area contributed by atoms with Gasteiger partial charge in [0.1, 0.15) is 18.1 Å². The topological polar surface area (TPSA) is 82.6 Å². The van der Waals surface area contributed by atoms with E-state index in [0.717, 1.165) is 0 Å². The monoisotopic (exact) mass is 365 g/mol. The highest BCUT2D eigenvalue weighted by atomic mass is 19.1. The minimum atomic E-state index is -0.587. The summed E-state index contributed by atoms with van der Waals surface area (Å²) in [6, 6.07) is 13.6. The smallest absolute Gasteiger partial charge is 0.280 e. The molecule has 3 aromatic rings. The maximum Gasteiger partial charge on any atom is 0.280 e. The van der Waals surface area contributed by atoms with Gasteiger partial charge in [0, 0.05) is 11.6 Å². The molecule has 0 aliphatic carbocycles. The van der Waals surface area contributed by atoms with Crippen LogP contribution in [0.4, 0.5) is 10.1 Å². The van der Waals surface area contributed by atoms with Crippen LogP contribution in [0.15, 0.2) is 64.6 Å². The highest BCUT2D eigenvalue weighted by Crippen LogP contribution is 2.33. The number of hydrogen-bond donors (Lipinski definition) is 0. The van der Waals surface area contributed by atoms with Crippen LogP contribution in [0.1, 0.15) is 16.1 Å². The molecule has 0 bridgehead atoms. The molecule has 0 spiro atoms. The van der Waals surface area contributed by atoms with Gasteiger partial charge in [-0.1, -0.05) is 18.2 Å². The number of rotatable bonds is 3. The number of halogens is 1. The Morgan fingerprint density at radius 2 is 1.81 bits per heavy atom. The summed E-state index contributed by atoms with van der Waals surface area (Å²) in [6.45, 7) is -0.0890. The Bertz CT molecular complexity index is 1100. The van der Waals surface area contributed by atoms with E-state index in [2.05, 4.69) is 0 Å². The Balaban J connectivity index is 1.68. The molecule has 4 rings (SSSR count). The standard InChI is InChI=1S/C20H12FNO5/c21-16-6-3-5-15-19(23)12(11-26-20(15)16)10-13-8-9-18(27-13)14-4-1-2-7-17(14)22(24)25/h1-10H,11H2/b12-10+. The Morgan fingerprint density at radius 1 is 1.04 bits per heavy atom. The van der Waals surface area contributed by atoms with Crippen molar-refractivity contribution in [1.82, 2.24) is 0 Å². The first-order valence-corrected chi connectivity index (χ1v) is 8.05. The van der Waals surface area contributed by atoms with Crippen LogP contribution >= 0.6 is 0 Å². The fourth-order valence-corrected chi connectivity index (χ4v) is 2.92. The van der Waals surface area contributed by atoms with Crippen LogP contribution in [0.2, 0.25) is 0 Å². The average molecular weight is 365 g/mol. The van der Waals surface area contributed by atoms with Crippen LogP contribution in [-0.4, -0.2) is 17.3 Å². The number of nitro benzene ring substituents is 1. The minimum absolute atomic E-state index is 0.0558. The van der Waals surface area contributed by atoms with Crippen LogP contribution in [-0.2, 0) is 0 Å². The molecule has 0 atom stereocenters. The third-order valence-corrected chi connectivity index (χ3v) is 4.18. The van der Waals surface area contributed by atoms with E-state index >= 15 is 0 Å². The molecule has 27 heavy (non-hydrogen) atoms. The van der Waals surface area contributed by atoms with Gasteiger partial charge in [0.05, 0.1) is 16.1 Å². The van der Waals surface area contributed by atoms with Crippen molar-refractivity contribution in [3.8, 4) is 17.1 Å². The first kappa shape index (κ1) is 16.7. The summed E-state index contributed by atoms with van der Waals surface area (Å²) in [5.74, 6) is -0.338. The van der Waals surface area contributed by atoms with Crippen molar-refractivity contribution >= 4 is 17.5 Å². The largest absolute Gasteiger partial charge is 0.485 e. The number of nitrogens with zero attached hydrogens (tertiary/aromatic N) is 1. The zero-order chi connectivity index (χ0) is 19.0. The van der Waals surface area contributed by atoms with Crippen LogP contribution in [0.5, 0.6) is 5.75 Å². The molecule has 0 amide bonds. The molecular formula is C20H12FNO5. The normalized spacial score (nSPS) is 14.7. The number of fused-ring (bicyclic) bond motifs is 1. The summed E-state index contributed by atoms with van der Waals surface area (Å²) >= 11 is 0. The van der Waals surface area contributed by atoms with Crippen molar-refractivity contribution in [1.29, 1.82) is 0 Å². The van der Waals surface area contributed by atoms with Gasteiger partial charge in [-0.25, -0.2) is 4.39 Å². The number of Topliss-reactive ketones (excluding diaryl/α,β-unsaturated/α-hetero) is 1. The quantitative estimate of drug-likeness (QED) is 0.383. The summed E-state index contributed by atoms with van der Waals surface area (Å²) in [4.78, 5) is 23.2. The van der Waals surface area contributed by atoms with Gasteiger partial charge < -0.3 is 9.15 Å². The number of ether oxygens (including phenoxy) is 1. The molecule has 2 heterocycles. The molecule has 0 N–H and O–H groups in total. The second-order valence-corrected chi connectivity index (χ2v) is 5.88. The molecular weight excluding hydrogens is 353 g/mol. The fraction of sp³-hybridized carbons (Fsp3) is 0.0500. The number of benzene rings is 2. The Kier molecular flexibility index (Phi) is 4.04. The SMILES string of the molecule is O=C1/C(=C/c2ccc(-c3ccccc3[N+](=O)[O-])o2)COc2c(F)cccc21. The fourth-order valence-electron chi connectivity index (χ4n) is 2.92. The number of carbonyl (C=O) groups is 1. The van der Waals surface area contributed by atoms with E-state index in [1.165, 1.54) is 30.3 Å². The molecule has 1 aromatic heterocycles. The van der Waals surface area contributed by atoms with Gasteiger partial charge in [-0.2, -0.15) is 0 Å². The van der Waals surface area contributed by atoms with Gasteiger partial charge >= 0.3 is 0 Å². The van der Waals surface area contributed by atoms with Crippen LogP contribution in [0.3, 0.4) is 0 Å². The molecule has 1 aliphatic heterocycles. The predicted molar refractivity (Wildman–Crippen MR) is 95.0 cm³/mol. The summed E-state index contributed by atoms with van der Waals surface area (Å²) in [6.07, 6.45) is 1.49. The van der Waals surface area contributed by atoms with Crippen LogP contribution in [0.25, 0.3) is 17.4 Å². The van der Waals surface area contributed by atoms with E-state index in [0.29, 0.717) is 22.7 Å². The van der Waals surface area contributed by atoms with E-state index in [1.807, 2.05) is 0 Å². The predicted octanol–water partition coefficient (Wildman–Crippen LogP) is 4.65. The number of hydrogen-bond acceptors (Lipinski definition) is 5. The van der Waals surface area contributed by atoms with Crippen molar-refractivity contribution < 1.29 is 23.3 Å². The van der Waals surface area contributed by atoms with Crippen molar-refractivity contribution in [2.75, 3.05) is 6.61 Å². The summed E-state index contributed by atoms with van der Waals surface area (Å²) in [5, 5.41) is 11.2. The van der Waals surface area contributed by atoms with Gasteiger partial charge in [0.25, 0.3) is 5.69 Å². The number of nitro groups is 1. The molecule has 134 valence electrons. The highest BCUT2D eigenvalue weighted by Gasteiger charge is 2.26. The molecule has 1 aliphatic rings. The van der Waals surface area contributed by atoms with Crippen molar-refractivity contribution in [2.24, 2.45) is 0 Å². The maximum absolute atomic E-state index is 13.7. The molecule has 0 radical (unpaired) electrons. The van der Waals surface area contributed by atoms with Gasteiger partial charge in [0.2, 0.25) is 0 Å². The van der Waals surface area contributed by atoms with E-state index in [-0.39, 0.29) is 29.4 Å². The first-order valence-electron chi connectivity index (χ1n) is 8.05. The lowest BCUT2D eigenvalue weighted by molar-refractivity contribution is -0.384. The average Bonchev–Trinajstić information content (AvgIpc) is 3.13. The van der Waals surface area contributed by atoms with Crippen molar-refractivity contribution in [3.63, 3.8) is 0 Å². The Morgan fingerprint density at radius 3 is 2.63 bits per heavy atom. The lowest BCUT2D eigenvalue weighted by atomic mass is 9.99. The second-order valence-electron chi connectivity index (χ2n) is 5.88. The van der Waals surface area contributed by atoms with E-state index in [9.17, 15) is 19.3 Å². The number of furan rings is 1. The van der Waals surface area contributed by atoms with Crippen LogP contribution < -0.4 is 4.74 Å². The summed E-state index contributed by atoms with van der Waals surface area (Å²) in [7, 11) is 0. The van der Waals surface area contributed by atoms with Crippen molar-refractivity contribution in [3.05, 3.63) is 87.4 Å². The number of para-hydroxylation sites is 2. The lowest BCUT2D eigenvalue weighted by Crippen LogP contribution is -2.19. The van der Waals surface area contributed by atoms with Gasteiger partial charge in [-0.15, -0.1) is 0 Å². The van der Waals surface area contributed by atoms with E-state index < -0.39 is 10.7 Å². The number of ketones is 1. The third-order valence-electron chi connectivity index (χ3n) is 4.18. The zero-order valence-corrected chi connectivity index (χ0v) is 13.8. The first-order chi connectivity index (χ1) is 13.0. The molecule has 0 fully saturated rings. The molecule has 6 nitrogen and oxygen atoms in total. The Hall–Kier alpha value is -3.74. The summed E-state index contributed by atoms with van der Waals surface area (Å²) in [5.41, 5.74) is 0.716. The maximum atomic E-state index is 13.7. The highest BCUT2D eigenvalue weighted by molar-refractivity contribution is 6.13. The molecule has 0 unspecified atom stereocenters. The molecule has 0 saturated heterocycles. The van der Waals surface area contributed by atoms with Gasteiger partial charge in [-0.05, 0) is 36.4 Å². The lowest BCUT2D eigenvalue weighted by Gasteiger charge is -2.18. The minimum Gasteiger partial charge on any atom is -0.485 e. The third kappa shape index (κ3) is 2.99. The van der Waals surface area contributed by atoms with E-state index in [4.69, 9.17) is 9.15 Å². The van der Waals surface area contributed by atoms with Gasteiger partial charge in [-0.3, -0.25) is 14.9 Å². The zero-order valence-electron chi connectivity index (χ0n) is 13.8. The van der Waals surface area contributed by atoms with Crippen molar-refractivity contribution in [2.45, 2.75) is 0 Å². The van der Waals surface area contributed by atoms with Gasteiger partial charge in [0.15, 0.2) is 17.3 Å².